The predicted octanol–water partition coefficient (Wildman–Crippen LogP) is 2.35. The molecule has 0 bridgehead atoms. The lowest BCUT2D eigenvalue weighted by Gasteiger charge is -2.34. The molecule has 0 radical (unpaired) electrons. The summed E-state index contributed by atoms with van der Waals surface area (Å²) >= 11 is 0. The molecule has 3 aliphatic rings. The van der Waals surface area contributed by atoms with Crippen LogP contribution in [0.1, 0.15) is 70.3 Å². The zero-order chi connectivity index (χ0) is 22.2. The Morgan fingerprint density at radius 1 is 1.39 bits per heavy atom. The Bertz CT molecular complexity index is 837. The van der Waals surface area contributed by atoms with Crippen molar-refractivity contribution in [1.82, 2.24) is 20.8 Å². The largest absolute Gasteiger partial charge is 0.381 e. The average Bonchev–Trinajstić information content (AvgIpc) is 3.32. The summed E-state index contributed by atoms with van der Waals surface area (Å²) in [6, 6.07) is 0.194. The van der Waals surface area contributed by atoms with Crippen LogP contribution in [-0.2, 0) is 27.9 Å². The maximum Gasteiger partial charge on any atom is 0.251 e. The van der Waals surface area contributed by atoms with Crippen LogP contribution in [0, 0.1) is 11.3 Å². The molecule has 1 saturated heterocycles. The first kappa shape index (κ1) is 22.5. The average molecular weight is 431 g/mol. The second-order valence-corrected chi connectivity index (χ2v) is 10.2. The molecule has 1 amide bonds. The number of rotatable bonds is 7. The van der Waals surface area contributed by atoms with E-state index in [1.54, 1.807) is 0 Å². The summed E-state index contributed by atoms with van der Waals surface area (Å²) in [5.41, 5.74) is 4.10. The Labute approximate surface area is 185 Å². The minimum atomic E-state index is -1.13. The molecular formula is C24H38N4O3. The molecule has 4 rings (SSSR count). The molecule has 7 nitrogen and oxygen atoms in total. The monoisotopic (exact) mass is 430 g/mol. The van der Waals surface area contributed by atoms with Crippen molar-refractivity contribution >= 4 is 5.91 Å². The van der Waals surface area contributed by atoms with Gasteiger partial charge in [-0.25, -0.2) is 0 Å². The number of ether oxygens (including phenoxy) is 1. The standard InChI is InChI=1S/C24H38N4O3/c1-5-23(3)10-9-17-19(13-23)27-28-21(17)24(4)12-15-7-8-16(11-18(15)26-24)25-22(30)20(29)14-31-6-2/h7-8,15-16,18,20,26,29H,5-6,9-14H2,1-4H3,(H,25,30)(H,27,28)/t15?,16?,18?,20?,23?,24-/m1/s1. The first-order valence-electron chi connectivity index (χ1n) is 11.9. The van der Waals surface area contributed by atoms with Crippen LogP contribution < -0.4 is 10.6 Å². The van der Waals surface area contributed by atoms with Gasteiger partial charge >= 0.3 is 0 Å². The summed E-state index contributed by atoms with van der Waals surface area (Å²) in [6.07, 6.45) is 9.55. The molecule has 5 unspecified atom stereocenters. The molecule has 0 spiro atoms. The van der Waals surface area contributed by atoms with Crippen molar-refractivity contribution in [2.24, 2.45) is 11.3 Å². The number of aromatic nitrogens is 2. The highest BCUT2D eigenvalue weighted by molar-refractivity contribution is 5.81. The van der Waals surface area contributed by atoms with Gasteiger partial charge in [-0.05, 0) is 62.8 Å². The van der Waals surface area contributed by atoms with Crippen molar-refractivity contribution in [2.45, 2.75) is 89.9 Å². The van der Waals surface area contributed by atoms with E-state index in [0.717, 1.165) is 25.7 Å². The number of carbonyl (C=O) groups excluding carboxylic acids is 1. The molecular weight excluding hydrogens is 392 g/mol. The quantitative estimate of drug-likeness (QED) is 0.498. The summed E-state index contributed by atoms with van der Waals surface area (Å²) in [6.45, 7) is 9.28. The van der Waals surface area contributed by atoms with E-state index < -0.39 is 6.10 Å². The van der Waals surface area contributed by atoms with Gasteiger partial charge in [-0.15, -0.1) is 0 Å². The number of aromatic amines is 1. The number of nitrogens with zero attached hydrogens (tertiary/aromatic N) is 1. The van der Waals surface area contributed by atoms with E-state index in [4.69, 9.17) is 9.84 Å². The van der Waals surface area contributed by atoms with Gasteiger partial charge in [-0.3, -0.25) is 9.89 Å². The summed E-state index contributed by atoms with van der Waals surface area (Å²) in [4.78, 5) is 12.3. The SMILES string of the molecule is CCOCC(O)C(=O)NC1C=CC2C[C@](C)(c3n[nH]c4c3CCC(C)(CC)C4)NC2C1. The summed E-state index contributed by atoms with van der Waals surface area (Å²) in [5.74, 6) is 0.0472. The van der Waals surface area contributed by atoms with Gasteiger partial charge in [-0.2, -0.15) is 5.10 Å². The smallest absolute Gasteiger partial charge is 0.251 e. The van der Waals surface area contributed by atoms with Gasteiger partial charge in [0.25, 0.3) is 5.91 Å². The number of carbonyl (C=O) groups is 1. The van der Waals surface area contributed by atoms with Crippen molar-refractivity contribution in [1.29, 1.82) is 0 Å². The molecule has 1 aliphatic heterocycles. The summed E-state index contributed by atoms with van der Waals surface area (Å²) in [7, 11) is 0. The minimum Gasteiger partial charge on any atom is -0.381 e. The maximum absolute atomic E-state index is 12.3. The Hall–Kier alpha value is -1.70. The first-order valence-corrected chi connectivity index (χ1v) is 11.9. The highest BCUT2D eigenvalue weighted by Crippen LogP contribution is 2.45. The van der Waals surface area contributed by atoms with Crippen molar-refractivity contribution in [3.05, 3.63) is 29.1 Å². The van der Waals surface area contributed by atoms with E-state index in [1.807, 2.05) is 6.92 Å². The topological polar surface area (TPSA) is 99.3 Å². The van der Waals surface area contributed by atoms with E-state index in [0.29, 0.717) is 17.9 Å². The lowest BCUT2D eigenvalue weighted by molar-refractivity contribution is -0.132. The highest BCUT2D eigenvalue weighted by atomic mass is 16.5. The van der Waals surface area contributed by atoms with E-state index in [1.165, 1.54) is 29.8 Å². The van der Waals surface area contributed by atoms with Crippen molar-refractivity contribution in [3.63, 3.8) is 0 Å². The van der Waals surface area contributed by atoms with Crippen LogP contribution in [-0.4, -0.2) is 52.6 Å². The van der Waals surface area contributed by atoms with E-state index >= 15 is 0 Å². The number of aliphatic hydroxyl groups is 1. The molecule has 7 heteroatoms. The van der Waals surface area contributed by atoms with Crippen LogP contribution in [0.3, 0.4) is 0 Å². The zero-order valence-corrected chi connectivity index (χ0v) is 19.3. The minimum absolute atomic E-state index is 0.0302. The first-order chi connectivity index (χ1) is 14.8. The normalized spacial score (nSPS) is 35.5. The van der Waals surface area contributed by atoms with Crippen molar-refractivity contribution in [3.8, 4) is 0 Å². The van der Waals surface area contributed by atoms with Gasteiger partial charge < -0.3 is 20.5 Å². The van der Waals surface area contributed by atoms with Crippen molar-refractivity contribution in [2.75, 3.05) is 13.2 Å². The number of hydrogen-bond acceptors (Lipinski definition) is 5. The second-order valence-electron chi connectivity index (χ2n) is 10.2. The molecule has 31 heavy (non-hydrogen) atoms. The molecule has 2 heterocycles. The molecule has 6 atom stereocenters. The van der Waals surface area contributed by atoms with Crippen LogP contribution in [0.5, 0.6) is 0 Å². The molecule has 0 aromatic carbocycles. The highest BCUT2D eigenvalue weighted by Gasteiger charge is 2.47. The predicted molar refractivity (Wildman–Crippen MR) is 120 cm³/mol. The van der Waals surface area contributed by atoms with Gasteiger partial charge in [-0.1, -0.05) is 32.4 Å². The van der Waals surface area contributed by atoms with Crippen LogP contribution in [0.2, 0.25) is 0 Å². The number of hydrogen-bond donors (Lipinski definition) is 4. The molecule has 4 N–H and O–H groups in total. The third-order valence-corrected chi connectivity index (χ3v) is 7.78. The lowest BCUT2D eigenvalue weighted by atomic mass is 9.72. The fourth-order valence-corrected chi connectivity index (χ4v) is 5.63. The number of nitrogens with one attached hydrogen (secondary N) is 3. The zero-order valence-electron chi connectivity index (χ0n) is 19.3. The summed E-state index contributed by atoms with van der Waals surface area (Å²) in [5, 5.41) is 24.9. The van der Waals surface area contributed by atoms with Crippen LogP contribution in [0.15, 0.2) is 12.2 Å². The Morgan fingerprint density at radius 3 is 2.94 bits per heavy atom. The fourth-order valence-electron chi connectivity index (χ4n) is 5.63. The van der Waals surface area contributed by atoms with Gasteiger partial charge in [0.15, 0.2) is 6.10 Å². The third-order valence-electron chi connectivity index (χ3n) is 7.78. The molecule has 0 saturated carbocycles. The second kappa shape index (κ2) is 8.68. The molecule has 172 valence electrons. The lowest BCUT2D eigenvalue weighted by Crippen LogP contribution is -2.48. The molecule has 2 aliphatic carbocycles. The fraction of sp³-hybridized carbons (Fsp3) is 0.750. The van der Waals surface area contributed by atoms with Gasteiger partial charge in [0.1, 0.15) is 0 Å². The number of amides is 1. The number of H-pyrrole nitrogens is 1. The molecule has 1 aromatic heterocycles. The number of fused-ring (bicyclic) bond motifs is 2. The molecule has 1 aromatic rings. The molecule has 1 fully saturated rings. The number of aliphatic hydroxyl groups excluding tert-OH is 1. The van der Waals surface area contributed by atoms with Gasteiger partial charge in [0.05, 0.1) is 17.8 Å². The Morgan fingerprint density at radius 2 is 2.19 bits per heavy atom. The van der Waals surface area contributed by atoms with E-state index in [2.05, 4.69) is 48.7 Å². The van der Waals surface area contributed by atoms with Gasteiger partial charge in [0, 0.05) is 24.4 Å². The van der Waals surface area contributed by atoms with Crippen LogP contribution in [0.4, 0.5) is 0 Å². The van der Waals surface area contributed by atoms with E-state index in [-0.39, 0.29) is 30.1 Å². The third kappa shape index (κ3) is 4.45. The van der Waals surface area contributed by atoms with Crippen LogP contribution >= 0.6 is 0 Å². The van der Waals surface area contributed by atoms with Gasteiger partial charge in [0.2, 0.25) is 0 Å². The summed E-state index contributed by atoms with van der Waals surface area (Å²) < 4.78 is 5.16. The Kier molecular flexibility index (Phi) is 6.30. The van der Waals surface area contributed by atoms with Crippen LogP contribution in [0.25, 0.3) is 0 Å². The maximum atomic E-state index is 12.3. The Balaban J connectivity index is 1.41. The van der Waals surface area contributed by atoms with Crippen molar-refractivity contribution < 1.29 is 14.6 Å². The van der Waals surface area contributed by atoms with E-state index in [9.17, 15) is 9.90 Å².